The minimum Gasteiger partial charge on any atom is -0.315 e. The molecule has 9 heteroatoms. The number of nitrogens with one attached hydrogen (secondary N) is 1. The van der Waals surface area contributed by atoms with Gasteiger partial charge in [-0.05, 0) is 69.7 Å². The zero-order valence-electron chi connectivity index (χ0n) is 21.6. The maximum atomic E-state index is 14.4. The minimum absolute atomic E-state index is 0.0863. The van der Waals surface area contributed by atoms with Crippen molar-refractivity contribution in [2.45, 2.75) is 32.6 Å². The highest BCUT2D eigenvalue weighted by Crippen LogP contribution is 2.27. The maximum absolute atomic E-state index is 14.4. The van der Waals surface area contributed by atoms with E-state index in [0.29, 0.717) is 22.5 Å². The zero-order chi connectivity index (χ0) is 27.4. The van der Waals surface area contributed by atoms with Crippen LogP contribution in [0.15, 0.2) is 88.9 Å². The molecule has 0 radical (unpaired) electrons. The van der Waals surface area contributed by atoms with Gasteiger partial charge in [-0.3, -0.25) is 9.10 Å². The number of carbonyl (C=O) groups excluding carboxylic acids is 1. The van der Waals surface area contributed by atoms with Crippen molar-refractivity contribution in [3.05, 3.63) is 113 Å². The van der Waals surface area contributed by atoms with E-state index in [-0.39, 0.29) is 10.7 Å². The molecular formula is C29H29FN4O3S. The van der Waals surface area contributed by atoms with Crippen molar-refractivity contribution >= 4 is 27.8 Å². The third kappa shape index (κ3) is 5.52. The molecule has 0 aliphatic heterocycles. The lowest BCUT2D eigenvalue weighted by atomic mass is 10.2. The second-order valence-electron chi connectivity index (χ2n) is 9.02. The molecule has 38 heavy (non-hydrogen) atoms. The first kappa shape index (κ1) is 26.8. The number of rotatable bonds is 8. The smallest absolute Gasteiger partial charge is 0.264 e. The number of aryl methyl sites for hydroxylation is 3. The maximum Gasteiger partial charge on any atom is 0.264 e. The Hall–Kier alpha value is -4.24. The summed E-state index contributed by atoms with van der Waals surface area (Å²) in [5, 5.41) is 4.06. The lowest BCUT2D eigenvalue weighted by Gasteiger charge is -2.25. The number of carbonyl (C=O) groups is 1. The summed E-state index contributed by atoms with van der Waals surface area (Å²) in [6.07, 6.45) is 1.46. The molecule has 1 N–H and O–H groups in total. The monoisotopic (exact) mass is 532 g/mol. The average molecular weight is 533 g/mol. The molecule has 0 saturated heterocycles. The number of nitrogens with zero attached hydrogens (tertiary/aromatic N) is 3. The number of para-hydroxylation sites is 2. The summed E-state index contributed by atoms with van der Waals surface area (Å²) in [7, 11) is -4.03. The summed E-state index contributed by atoms with van der Waals surface area (Å²) in [6, 6.07) is 21.8. The molecule has 7 nitrogen and oxygen atoms in total. The van der Waals surface area contributed by atoms with E-state index >= 15 is 0 Å². The van der Waals surface area contributed by atoms with Gasteiger partial charge in [-0.1, -0.05) is 48.0 Å². The molecule has 0 spiro atoms. The van der Waals surface area contributed by atoms with Gasteiger partial charge in [0.2, 0.25) is 0 Å². The fourth-order valence-corrected chi connectivity index (χ4v) is 5.73. The average Bonchev–Trinajstić information content (AvgIpc) is 3.16. The largest absolute Gasteiger partial charge is 0.315 e. The molecule has 0 fully saturated rings. The number of hydrogen-bond donors (Lipinski definition) is 1. The summed E-state index contributed by atoms with van der Waals surface area (Å²) < 4.78 is 44.3. The fourth-order valence-electron chi connectivity index (χ4n) is 4.24. The normalized spacial score (nSPS) is 11.6. The summed E-state index contributed by atoms with van der Waals surface area (Å²) in [4.78, 5) is 13.0. The minimum atomic E-state index is -4.03. The molecule has 0 saturated carbocycles. The molecule has 4 rings (SSSR count). The Bertz CT molecular complexity index is 1610. The Morgan fingerprint density at radius 3 is 2.32 bits per heavy atom. The highest BCUT2D eigenvalue weighted by molar-refractivity contribution is 7.92. The number of amides is 1. The summed E-state index contributed by atoms with van der Waals surface area (Å²) in [5.41, 5.74) is 7.12. The van der Waals surface area contributed by atoms with Gasteiger partial charge in [0.1, 0.15) is 12.4 Å². The summed E-state index contributed by atoms with van der Waals surface area (Å²) in [6.45, 7) is 6.87. The lowest BCUT2D eigenvalue weighted by Crippen LogP contribution is -2.40. The molecule has 1 amide bonds. The van der Waals surface area contributed by atoms with E-state index in [2.05, 4.69) is 10.5 Å². The van der Waals surface area contributed by atoms with Crippen molar-refractivity contribution in [2.24, 2.45) is 5.10 Å². The Morgan fingerprint density at radius 1 is 0.974 bits per heavy atom. The SMILES string of the molecule is Cc1ccc(S(=O)(=O)N(CC(=O)N/N=C\c2cc(C)n(-c3ccccc3F)c2C)c2ccccc2C)cc1. The Morgan fingerprint density at radius 2 is 1.63 bits per heavy atom. The second kappa shape index (κ2) is 11.0. The van der Waals surface area contributed by atoms with Crippen LogP contribution in [0.1, 0.15) is 28.1 Å². The zero-order valence-corrected chi connectivity index (χ0v) is 22.5. The van der Waals surface area contributed by atoms with Gasteiger partial charge in [-0.15, -0.1) is 0 Å². The molecule has 0 bridgehead atoms. The first-order chi connectivity index (χ1) is 18.1. The van der Waals surface area contributed by atoms with E-state index in [1.807, 2.05) is 26.8 Å². The number of aromatic nitrogens is 1. The Labute approximate surface area is 222 Å². The van der Waals surface area contributed by atoms with Crippen LogP contribution in [0.25, 0.3) is 5.69 Å². The number of halogens is 1. The van der Waals surface area contributed by atoms with E-state index in [1.165, 1.54) is 24.4 Å². The molecule has 3 aromatic carbocycles. The first-order valence-electron chi connectivity index (χ1n) is 12.0. The second-order valence-corrected chi connectivity index (χ2v) is 10.9. The summed E-state index contributed by atoms with van der Waals surface area (Å²) >= 11 is 0. The molecular weight excluding hydrogens is 503 g/mol. The van der Waals surface area contributed by atoms with Gasteiger partial charge in [0, 0.05) is 17.0 Å². The Balaban J connectivity index is 1.57. The predicted octanol–water partition coefficient (Wildman–Crippen LogP) is 5.20. The van der Waals surface area contributed by atoms with Crippen molar-refractivity contribution in [1.82, 2.24) is 9.99 Å². The van der Waals surface area contributed by atoms with E-state index in [1.54, 1.807) is 66.1 Å². The van der Waals surface area contributed by atoms with Crippen LogP contribution in [-0.4, -0.2) is 31.7 Å². The molecule has 0 unspecified atom stereocenters. The van der Waals surface area contributed by atoms with E-state index in [4.69, 9.17) is 0 Å². The van der Waals surface area contributed by atoms with Crippen molar-refractivity contribution in [2.75, 3.05) is 10.8 Å². The van der Waals surface area contributed by atoms with E-state index < -0.39 is 22.5 Å². The third-order valence-electron chi connectivity index (χ3n) is 6.24. The van der Waals surface area contributed by atoms with Crippen LogP contribution in [0, 0.1) is 33.5 Å². The van der Waals surface area contributed by atoms with Crippen molar-refractivity contribution < 1.29 is 17.6 Å². The van der Waals surface area contributed by atoms with Gasteiger partial charge in [0.05, 0.1) is 22.5 Å². The Kier molecular flexibility index (Phi) is 7.78. The van der Waals surface area contributed by atoms with Crippen molar-refractivity contribution in [3.63, 3.8) is 0 Å². The third-order valence-corrected chi connectivity index (χ3v) is 8.01. The van der Waals surface area contributed by atoms with Gasteiger partial charge in [0.25, 0.3) is 15.9 Å². The van der Waals surface area contributed by atoms with E-state index in [9.17, 15) is 17.6 Å². The van der Waals surface area contributed by atoms with Crippen LogP contribution in [0.4, 0.5) is 10.1 Å². The lowest BCUT2D eigenvalue weighted by molar-refractivity contribution is -0.119. The topological polar surface area (TPSA) is 83.8 Å². The van der Waals surface area contributed by atoms with Crippen LogP contribution < -0.4 is 9.73 Å². The molecule has 1 aromatic heterocycles. The number of sulfonamides is 1. The highest BCUT2D eigenvalue weighted by atomic mass is 32.2. The predicted molar refractivity (Wildman–Crippen MR) is 148 cm³/mol. The standard InChI is InChI=1S/C29H29FN4O3S/c1-20-13-15-25(16-14-20)38(36,37)33(27-11-7-5-9-21(27)2)19-29(35)32-31-18-24-17-22(3)34(23(24)4)28-12-8-6-10-26(28)30/h5-18H,19H2,1-4H3,(H,32,35)/b31-18-. The number of hydrogen-bond acceptors (Lipinski definition) is 4. The van der Waals surface area contributed by atoms with Crippen molar-refractivity contribution in [3.8, 4) is 5.69 Å². The van der Waals surface area contributed by atoms with Crippen LogP contribution >= 0.6 is 0 Å². The van der Waals surface area contributed by atoms with E-state index in [0.717, 1.165) is 21.3 Å². The molecule has 0 aliphatic rings. The summed E-state index contributed by atoms with van der Waals surface area (Å²) in [5.74, 6) is -0.958. The van der Waals surface area contributed by atoms with Gasteiger partial charge < -0.3 is 4.57 Å². The number of hydrazone groups is 1. The van der Waals surface area contributed by atoms with Gasteiger partial charge in [0.15, 0.2) is 0 Å². The fraction of sp³-hybridized carbons (Fsp3) is 0.172. The van der Waals surface area contributed by atoms with Gasteiger partial charge >= 0.3 is 0 Å². The van der Waals surface area contributed by atoms with Gasteiger partial charge in [-0.2, -0.15) is 5.10 Å². The van der Waals surface area contributed by atoms with Crippen LogP contribution in [-0.2, 0) is 14.8 Å². The van der Waals surface area contributed by atoms with Crippen LogP contribution in [0.5, 0.6) is 0 Å². The van der Waals surface area contributed by atoms with Crippen LogP contribution in [0.2, 0.25) is 0 Å². The highest BCUT2D eigenvalue weighted by Gasteiger charge is 2.28. The molecule has 196 valence electrons. The van der Waals surface area contributed by atoms with Crippen LogP contribution in [0.3, 0.4) is 0 Å². The van der Waals surface area contributed by atoms with Gasteiger partial charge in [-0.25, -0.2) is 18.2 Å². The van der Waals surface area contributed by atoms with Crippen molar-refractivity contribution in [1.29, 1.82) is 0 Å². The number of benzene rings is 3. The molecule has 1 heterocycles. The first-order valence-corrected chi connectivity index (χ1v) is 13.4. The molecule has 4 aromatic rings. The number of anilines is 1. The molecule has 0 atom stereocenters. The quantitative estimate of drug-likeness (QED) is 0.250. The molecule has 0 aliphatic carbocycles.